The minimum Gasteiger partial charge on any atom is -0.317 e. The van der Waals surface area contributed by atoms with Crippen molar-refractivity contribution in [3.63, 3.8) is 0 Å². The van der Waals surface area contributed by atoms with Gasteiger partial charge in [0.1, 0.15) is 5.82 Å². The highest BCUT2D eigenvalue weighted by atomic mass is 79.9. The molecule has 0 heterocycles. The Morgan fingerprint density at radius 1 is 1.35 bits per heavy atom. The summed E-state index contributed by atoms with van der Waals surface area (Å²) in [4.78, 5) is 0. The lowest BCUT2D eigenvalue weighted by atomic mass is 9.97. The predicted octanol–water partition coefficient (Wildman–Crippen LogP) is 4.15. The molecule has 96 valence electrons. The van der Waals surface area contributed by atoms with E-state index in [2.05, 4.69) is 35.1 Å². The van der Waals surface area contributed by atoms with E-state index in [1.807, 2.05) is 19.2 Å². The molecule has 1 unspecified atom stereocenters. The van der Waals surface area contributed by atoms with Crippen molar-refractivity contribution in [2.45, 2.75) is 39.2 Å². The number of halogens is 2. The van der Waals surface area contributed by atoms with Crippen LogP contribution in [-0.2, 0) is 6.42 Å². The largest absolute Gasteiger partial charge is 0.317 e. The Hall–Kier alpha value is -0.410. The summed E-state index contributed by atoms with van der Waals surface area (Å²) >= 11 is 3.27. The van der Waals surface area contributed by atoms with Crippen molar-refractivity contribution in [3.8, 4) is 0 Å². The first-order chi connectivity index (χ1) is 8.02. The number of nitrogens with one attached hydrogen (secondary N) is 1. The number of hydrogen-bond donors (Lipinski definition) is 1. The van der Waals surface area contributed by atoms with Gasteiger partial charge in [0.2, 0.25) is 0 Å². The third kappa shape index (κ3) is 5.17. The third-order valence-corrected chi connectivity index (χ3v) is 3.43. The molecule has 17 heavy (non-hydrogen) atoms. The summed E-state index contributed by atoms with van der Waals surface area (Å²) < 4.78 is 14.4. The second-order valence-electron chi connectivity index (χ2n) is 4.89. The van der Waals surface area contributed by atoms with E-state index in [0.29, 0.717) is 12.0 Å². The van der Waals surface area contributed by atoms with E-state index < -0.39 is 0 Å². The van der Waals surface area contributed by atoms with Gasteiger partial charge in [-0.05, 0) is 49.9 Å². The Balaban J connectivity index is 2.53. The van der Waals surface area contributed by atoms with E-state index in [-0.39, 0.29) is 5.82 Å². The van der Waals surface area contributed by atoms with Crippen LogP contribution in [0.5, 0.6) is 0 Å². The molecule has 0 saturated heterocycles. The topological polar surface area (TPSA) is 12.0 Å². The highest BCUT2D eigenvalue weighted by molar-refractivity contribution is 9.10. The van der Waals surface area contributed by atoms with Gasteiger partial charge in [0.15, 0.2) is 0 Å². The Bertz CT molecular complexity index is 352. The van der Waals surface area contributed by atoms with Crippen LogP contribution in [0.4, 0.5) is 4.39 Å². The van der Waals surface area contributed by atoms with E-state index in [1.54, 1.807) is 0 Å². The van der Waals surface area contributed by atoms with Gasteiger partial charge in [0, 0.05) is 10.5 Å². The van der Waals surface area contributed by atoms with Gasteiger partial charge in [0.25, 0.3) is 0 Å². The van der Waals surface area contributed by atoms with Gasteiger partial charge in [-0.25, -0.2) is 4.39 Å². The minimum absolute atomic E-state index is 0.112. The van der Waals surface area contributed by atoms with Crippen LogP contribution in [0.25, 0.3) is 0 Å². The van der Waals surface area contributed by atoms with Crippen LogP contribution >= 0.6 is 15.9 Å². The SMILES string of the molecule is CNC(CCc1ccc(Br)cc1F)CC(C)C. The van der Waals surface area contributed by atoms with Crippen molar-refractivity contribution >= 4 is 15.9 Å². The summed E-state index contributed by atoms with van der Waals surface area (Å²) in [5.41, 5.74) is 0.803. The summed E-state index contributed by atoms with van der Waals surface area (Å²) in [6.07, 6.45) is 2.90. The summed E-state index contributed by atoms with van der Waals surface area (Å²) in [5, 5.41) is 3.30. The molecule has 0 fully saturated rings. The minimum atomic E-state index is -0.112. The molecule has 1 atom stereocenters. The molecule has 1 N–H and O–H groups in total. The lowest BCUT2D eigenvalue weighted by Crippen LogP contribution is -2.27. The van der Waals surface area contributed by atoms with E-state index in [9.17, 15) is 4.39 Å². The number of aryl methyl sites for hydroxylation is 1. The molecular weight excluding hydrogens is 281 g/mol. The van der Waals surface area contributed by atoms with Crippen LogP contribution in [0.2, 0.25) is 0 Å². The maximum absolute atomic E-state index is 13.6. The molecule has 3 heteroatoms. The first kappa shape index (κ1) is 14.7. The van der Waals surface area contributed by atoms with E-state index in [1.165, 1.54) is 6.07 Å². The molecule has 1 aromatic carbocycles. The van der Waals surface area contributed by atoms with E-state index in [0.717, 1.165) is 29.3 Å². The second kappa shape index (κ2) is 7.12. The maximum Gasteiger partial charge on any atom is 0.127 e. The summed E-state index contributed by atoms with van der Waals surface area (Å²) in [6, 6.07) is 5.76. The first-order valence-electron chi connectivity index (χ1n) is 6.14. The fourth-order valence-electron chi connectivity index (χ4n) is 2.00. The number of hydrogen-bond acceptors (Lipinski definition) is 1. The Kier molecular flexibility index (Phi) is 6.14. The quantitative estimate of drug-likeness (QED) is 0.832. The molecule has 1 aromatic rings. The molecule has 0 aromatic heterocycles. The third-order valence-electron chi connectivity index (χ3n) is 2.94. The fourth-order valence-corrected chi connectivity index (χ4v) is 2.34. The summed E-state index contributed by atoms with van der Waals surface area (Å²) in [6.45, 7) is 4.43. The highest BCUT2D eigenvalue weighted by Gasteiger charge is 2.10. The lowest BCUT2D eigenvalue weighted by Gasteiger charge is -2.18. The standard InChI is InChI=1S/C14H21BrFN/c1-10(2)8-13(17-3)7-5-11-4-6-12(15)9-14(11)16/h4,6,9-10,13,17H,5,7-8H2,1-3H3. The molecule has 0 aliphatic rings. The monoisotopic (exact) mass is 301 g/mol. The van der Waals surface area contributed by atoms with Crippen molar-refractivity contribution in [3.05, 3.63) is 34.1 Å². The van der Waals surface area contributed by atoms with Crippen molar-refractivity contribution < 1.29 is 4.39 Å². The number of rotatable bonds is 6. The molecule has 1 rings (SSSR count). The molecule has 0 bridgehead atoms. The van der Waals surface area contributed by atoms with E-state index in [4.69, 9.17) is 0 Å². The smallest absolute Gasteiger partial charge is 0.127 e. The molecule has 0 aliphatic carbocycles. The zero-order valence-electron chi connectivity index (χ0n) is 10.8. The normalized spacial score (nSPS) is 13.1. The molecular formula is C14H21BrFN. The van der Waals surface area contributed by atoms with Crippen LogP contribution in [0.1, 0.15) is 32.3 Å². The molecule has 1 nitrogen and oxygen atoms in total. The zero-order valence-corrected chi connectivity index (χ0v) is 12.3. The van der Waals surface area contributed by atoms with E-state index >= 15 is 0 Å². The maximum atomic E-state index is 13.6. The van der Waals surface area contributed by atoms with Gasteiger partial charge < -0.3 is 5.32 Å². The molecule has 0 amide bonds. The van der Waals surface area contributed by atoms with Crippen LogP contribution < -0.4 is 5.32 Å². The highest BCUT2D eigenvalue weighted by Crippen LogP contribution is 2.18. The van der Waals surface area contributed by atoms with Crippen molar-refractivity contribution in [1.82, 2.24) is 5.32 Å². The zero-order chi connectivity index (χ0) is 12.8. The number of benzene rings is 1. The van der Waals surface area contributed by atoms with Crippen molar-refractivity contribution in [2.75, 3.05) is 7.05 Å². The van der Waals surface area contributed by atoms with Gasteiger partial charge in [-0.2, -0.15) is 0 Å². The molecule has 0 radical (unpaired) electrons. The average Bonchev–Trinajstić information content (AvgIpc) is 2.25. The second-order valence-corrected chi connectivity index (χ2v) is 5.81. The summed E-state index contributed by atoms with van der Waals surface area (Å²) in [5.74, 6) is 0.556. The Morgan fingerprint density at radius 3 is 2.59 bits per heavy atom. The van der Waals surface area contributed by atoms with Crippen LogP contribution in [-0.4, -0.2) is 13.1 Å². The molecule has 0 aliphatic heterocycles. The van der Waals surface area contributed by atoms with Crippen LogP contribution in [0.15, 0.2) is 22.7 Å². The van der Waals surface area contributed by atoms with Crippen molar-refractivity contribution in [2.24, 2.45) is 5.92 Å². The predicted molar refractivity (Wildman–Crippen MR) is 74.7 cm³/mol. The van der Waals surface area contributed by atoms with Crippen LogP contribution in [0.3, 0.4) is 0 Å². The lowest BCUT2D eigenvalue weighted by molar-refractivity contribution is 0.419. The van der Waals surface area contributed by atoms with Gasteiger partial charge in [-0.3, -0.25) is 0 Å². The molecule has 0 saturated carbocycles. The average molecular weight is 302 g/mol. The van der Waals surface area contributed by atoms with Crippen molar-refractivity contribution in [1.29, 1.82) is 0 Å². The van der Waals surface area contributed by atoms with Gasteiger partial charge in [0.05, 0.1) is 0 Å². The Labute approximate surface area is 112 Å². The van der Waals surface area contributed by atoms with Gasteiger partial charge >= 0.3 is 0 Å². The fraction of sp³-hybridized carbons (Fsp3) is 0.571. The van der Waals surface area contributed by atoms with Crippen LogP contribution in [0, 0.1) is 11.7 Å². The summed E-state index contributed by atoms with van der Waals surface area (Å²) in [7, 11) is 1.98. The molecule has 0 spiro atoms. The van der Waals surface area contributed by atoms with Gasteiger partial charge in [-0.1, -0.05) is 35.8 Å². The Morgan fingerprint density at radius 2 is 2.06 bits per heavy atom. The first-order valence-corrected chi connectivity index (χ1v) is 6.93. The van der Waals surface area contributed by atoms with Gasteiger partial charge in [-0.15, -0.1) is 0 Å².